The van der Waals surface area contributed by atoms with Gasteiger partial charge in [-0.3, -0.25) is 9.52 Å². The highest BCUT2D eigenvalue weighted by Gasteiger charge is 2.35. The number of amides is 3. The number of rotatable bonds is 9. The van der Waals surface area contributed by atoms with E-state index < -0.39 is 28.1 Å². The number of nitrogens with one attached hydrogen (secondary N) is 2. The van der Waals surface area contributed by atoms with Crippen molar-refractivity contribution in [2.45, 2.75) is 30.9 Å². The summed E-state index contributed by atoms with van der Waals surface area (Å²) in [4.78, 5) is 30.3. The van der Waals surface area contributed by atoms with Gasteiger partial charge in [0.05, 0.1) is 48.1 Å². The number of aliphatic hydroxyl groups is 1. The maximum atomic E-state index is 13.8. The predicted octanol–water partition coefficient (Wildman–Crippen LogP) is 5.03. The molecule has 0 aliphatic carbocycles. The number of nitrogens with zero attached hydrogens (tertiary/aromatic N) is 2. The summed E-state index contributed by atoms with van der Waals surface area (Å²) in [7, 11) is -0.956. The van der Waals surface area contributed by atoms with Crippen LogP contribution in [0.3, 0.4) is 0 Å². The minimum Gasteiger partial charge on any atom is -0.497 e. The first-order valence-corrected chi connectivity index (χ1v) is 16.4. The Bertz CT molecular complexity index is 1830. The molecular weight excluding hydrogens is 608 g/mol. The van der Waals surface area contributed by atoms with Gasteiger partial charge in [-0.05, 0) is 54.8 Å². The molecule has 0 bridgehead atoms. The maximum Gasteiger partial charge on any atom is 0.321 e. The Morgan fingerprint density at radius 1 is 1.04 bits per heavy atom. The zero-order valence-corrected chi connectivity index (χ0v) is 27.0. The van der Waals surface area contributed by atoms with Crippen molar-refractivity contribution in [1.82, 2.24) is 9.80 Å². The summed E-state index contributed by atoms with van der Waals surface area (Å²) in [5.41, 5.74) is 0.867. The Morgan fingerprint density at radius 2 is 1.72 bits per heavy atom. The highest BCUT2D eigenvalue weighted by atomic mass is 32.2. The molecule has 0 fully saturated rings. The van der Waals surface area contributed by atoms with E-state index in [1.54, 1.807) is 31.0 Å². The minimum atomic E-state index is -4.09. The first kappa shape index (κ1) is 32.6. The van der Waals surface area contributed by atoms with Gasteiger partial charge < -0.3 is 29.7 Å². The van der Waals surface area contributed by atoms with Gasteiger partial charge in [-0.15, -0.1) is 0 Å². The molecule has 0 spiro atoms. The van der Waals surface area contributed by atoms with Gasteiger partial charge in [0.15, 0.2) is 5.75 Å². The van der Waals surface area contributed by atoms with Gasteiger partial charge in [0.1, 0.15) is 11.9 Å². The van der Waals surface area contributed by atoms with Crippen molar-refractivity contribution in [3.05, 3.63) is 90.5 Å². The van der Waals surface area contributed by atoms with Crippen molar-refractivity contribution in [1.29, 1.82) is 0 Å². The first-order chi connectivity index (χ1) is 22.0. The number of hydrogen-bond acceptors (Lipinski definition) is 7. The van der Waals surface area contributed by atoms with Crippen LogP contribution in [-0.4, -0.2) is 81.3 Å². The molecule has 3 amide bonds. The van der Waals surface area contributed by atoms with Crippen LogP contribution in [0.15, 0.2) is 89.8 Å². The van der Waals surface area contributed by atoms with Crippen LogP contribution in [0.2, 0.25) is 0 Å². The monoisotopic (exact) mass is 646 g/mol. The molecular formula is C34H38N4O7S. The molecule has 0 radical (unpaired) electrons. The number of aliphatic hydroxyl groups excluding tert-OH is 1. The Labute approximate surface area is 268 Å². The fourth-order valence-corrected chi connectivity index (χ4v) is 6.46. The molecule has 12 heteroatoms. The lowest BCUT2D eigenvalue weighted by molar-refractivity contribution is 0.0373. The lowest BCUT2D eigenvalue weighted by Gasteiger charge is -2.38. The second kappa shape index (κ2) is 13.7. The molecule has 0 unspecified atom stereocenters. The molecule has 242 valence electrons. The van der Waals surface area contributed by atoms with Gasteiger partial charge in [-0.1, -0.05) is 49.4 Å². The molecule has 4 aromatic carbocycles. The zero-order chi connectivity index (χ0) is 33.0. The molecule has 1 heterocycles. The Balaban J connectivity index is 1.46. The first-order valence-electron chi connectivity index (χ1n) is 14.9. The molecule has 5 rings (SSSR count). The van der Waals surface area contributed by atoms with Gasteiger partial charge >= 0.3 is 6.03 Å². The van der Waals surface area contributed by atoms with Gasteiger partial charge in [0.25, 0.3) is 15.9 Å². The lowest BCUT2D eigenvalue weighted by Crippen LogP contribution is -2.50. The summed E-state index contributed by atoms with van der Waals surface area (Å²) in [5.74, 6) is -0.181. The van der Waals surface area contributed by atoms with E-state index >= 15 is 0 Å². The molecule has 1 aliphatic heterocycles. The quantitative estimate of drug-likeness (QED) is 0.232. The van der Waals surface area contributed by atoms with E-state index in [1.807, 2.05) is 49.4 Å². The Kier molecular flexibility index (Phi) is 9.68. The average molecular weight is 647 g/mol. The van der Waals surface area contributed by atoms with Crippen molar-refractivity contribution in [2.24, 2.45) is 5.92 Å². The molecule has 0 saturated heterocycles. The number of benzene rings is 4. The highest BCUT2D eigenvalue weighted by molar-refractivity contribution is 7.92. The molecule has 4 aromatic rings. The number of methoxy groups -OCH3 is 1. The zero-order valence-electron chi connectivity index (χ0n) is 26.1. The number of ether oxygens (including phenoxy) is 2. The summed E-state index contributed by atoms with van der Waals surface area (Å²) in [5, 5.41) is 14.9. The van der Waals surface area contributed by atoms with Crippen LogP contribution in [0.25, 0.3) is 10.8 Å². The van der Waals surface area contributed by atoms with Crippen LogP contribution in [0.1, 0.15) is 24.2 Å². The number of hydrogen-bond donors (Lipinski definition) is 3. The topological polar surface area (TPSA) is 138 Å². The highest BCUT2D eigenvalue weighted by Crippen LogP contribution is 2.36. The SMILES string of the molecule is COc1ccc(S(=O)(=O)Nc2cccc3c2O[C@@H](CN(C)C(=O)Nc2cccc4ccccc24)[C@@H](C)CN([C@@H](C)CO)C3=O)cc1. The second-order valence-electron chi connectivity index (χ2n) is 11.4. The standard InChI is InChI=1S/C34H38N4O7S/c1-22-19-38(23(2)21-39)33(40)28-12-8-14-30(36-46(42,43)26-17-15-25(44-4)16-18-26)32(28)45-31(22)20-37(3)34(41)35-29-13-7-10-24-9-5-6-11-27(24)29/h5-18,22-23,31,36,39H,19-21H2,1-4H3,(H,35,41)/t22-,23-,31-/m0/s1. The van der Waals surface area contributed by atoms with Crippen LogP contribution in [0.4, 0.5) is 16.2 Å². The summed E-state index contributed by atoms with van der Waals surface area (Å²) in [6.07, 6.45) is -0.657. The molecule has 3 atom stereocenters. The molecule has 1 aliphatic rings. The van der Waals surface area contributed by atoms with Gasteiger partial charge in [0.2, 0.25) is 0 Å². The third kappa shape index (κ3) is 6.87. The van der Waals surface area contributed by atoms with Crippen LogP contribution in [0.5, 0.6) is 11.5 Å². The van der Waals surface area contributed by atoms with E-state index in [0.717, 1.165) is 10.8 Å². The Morgan fingerprint density at radius 3 is 2.43 bits per heavy atom. The molecule has 3 N–H and O–H groups in total. The van der Waals surface area contributed by atoms with Crippen LogP contribution >= 0.6 is 0 Å². The summed E-state index contributed by atoms with van der Waals surface area (Å²) < 4.78 is 41.1. The number of fused-ring (bicyclic) bond motifs is 2. The number of carbonyl (C=O) groups excluding carboxylic acids is 2. The van der Waals surface area contributed by atoms with Crippen molar-refractivity contribution >= 4 is 44.1 Å². The van der Waals surface area contributed by atoms with E-state index in [-0.39, 0.29) is 53.5 Å². The van der Waals surface area contributed by atoms with E-state index in [9.17, 15) is 23.1 Å². The van der Waals surface area contributed by atoms with E-state index in [0.29, 0.717) is 11.4 Å². The number of urea groups is 1. The van der Waals surface area contributed by atoms with Crippen LogP contribution in [0, 0.1) is 5.92 Å². The molecule has 11 nitrogen and oxygen atoms in total. The maximum absolute atomic E-state index is 13.8. The van der Waals surface area contributed by atoms with Crippen LogP contribution in [-0.2, 0) is 10.0 Å². The van der Waals surface area contributed by atoms with Gasteiger partial charge in [0, 0.05) is 24.9 Å². The number of carbonyl (C=O) groups is 2. The number of anilines is 2. The third-order valence-corrected chi connectivity index (χ3v) is 9.52. The summed E-state index contributed by atoms with van der Waals surface area (Å²) >= 11 is 0. The fraction of sp³-hybridized carbons (Fsp3) is 0.294. The predicted molar refractivity (Wildman–Crippen MR) is 177 cm³/mol. The fourth-order valence-electron chi connectivity index (χ4n) is 5.40. The van der Waals surface area contributed by atoms with E-state index in [4.69, 9.17) is 9.47 Å². The minimum absolute atomic E-state index is 0.00615. The lowest BCUT2D eigenvalue weighted by atomic mass is 9.99. The normalized spacial score (nSPS) is 17.2. The van der Waals surface area contributed by atoms with E-state index in [2.05, 4.69) is 10.0 Å². The number of sulfonamides is 1. The Hall–Kier alpha value is -4.81. The van der Waals surface area contributed by atoms with Crippen molar-refractivity contribution in [3.63, 3.8) is 0 Å². The summed E-state index contributed by atoms with van der Waals surface area (Å²) in [6, 6.07) is 23.1. The number of para-hydroxylation sites is 1. The van der Waals surface area contributed by atoms with E-state index in [1.165, 1.54) is 42.3 Å². The largest absolute Gasteiger partial charge is 0.497 e. The van der Waals surface area contributed by atoms with Gasteiger partial charge in [-0.2, -0.15) is 0 Å². The molecule has 0 aromatic heterocycles. The second-order valence-corrected chi connectivity index (χ2v) is 13.1. The van der Waals surface area contributed by atoms with Crippen LogP contribution < -0.4 is 19.5 Å². The number of likely N-dealkylation sites (N-methyl/N-ethyl adjacent to an activating group) is 1. The van der Waals surface area contributed by atoms with Crippen molar-refractivity contribution < 1.29 is 32.6 Å². The molecule has 46 heavy (non-hydrogen) atoms. The van der Waals surface area contributed by atoms with Gasteiger partial charge in [-0.25, -0.2) is 13.2 Å². The average Bonchev–Trinajstić information content (AvgIpc) is 3.06. The van der Waals surface area contributed by atoms with Crippen molar-refractivity contribution in [3.8, 4) is 11.5 Å². The smallest absolute Gasteiger partial charge is 0.321 e. The van der Waals surface area contributed by atoms with Crippen molar-refractivity contribution in [2.75, 3.05) is 43.9 Å². The molecule has 0 saturated carbocycles. The third-order valence-electron chi connectivity index (χ3n) is 8.14. The summed E-state index contributed by atoms with van der Waals surface area (Å²) in [6.45, 7) is 3.72.